The van der Waals surface area contributed by atoms with Crippen LogP contribution in [0.3, 0.4) is 0 Å². The molecule has 0 heterocycles. The average molecular weight is 554 g/mol. The summed E-state index contributed by atoms with van der Waals surface area (Å²) in [5, 5.41) is 0. The quantitative estimate of drug-likeness (QED) is 0.385. The van der Waals surface area contributed by atoms with Gasteiger partial charge >= 0.3 is 173 Å². The fourth-order valence-corrected chi connectivity index (χ4v) is 15.0. The van der Waals surface area contributed by atoms with Crippen LogP contribution in [0.15, 0.2) is 72.8 Å². The van der Waals surface area contributed by atoms with E-state index in [0.717, 1.165) is 19.4 Å². The van der Waals surface area contributed by atoms with Gasteiger partial charge in [-0.25, -0.2) is 0 Å². The van der Waals surface area contributed by atoms with Gasteiger partial charge in [0.15, 0.2) is 0 Å². The molecule has 0 saturated carbocycles. The second-order valence-corrected chi connectivity index (χ2v) is 14.8. The SMILES string of the molecule is CCOCc1cccc[c]1[Bi]([c]1ccccc1CC)[c]1ccccc1CC. The van der Waals surface area contributed by atoms with Crippen molar-refractivity contribution in [3.8, 4) is 0 Å². The number of ether oxygens (including phenoxy) is 1. The molecule has 2 heteroatoms. The Morgan fingerprint density at radius 1 is 0.593 bits per heavy atom. The standard InChI is InChI=1S/C9H11O.2C8H9.Bi/c1-2-10-8-9-6-4-3-5-7-9;2*1-2-8-6-4-3-5-7-8;/h3-6H,2,8H2,1H3;2*3-6H,2H2,1H3;. The van der Waals surface area contributed by atoms with Crippen molar-refractivity contribution in [2.24, 2.45) is 0 Å². The summed E-state index contributed by atoms with van der Waals surface area (Å²) in [6.07, 6.45) is 2.17. The molecule has 140 valence electrons. The molecule has 0 atom stereocenters. The molecule has 1 nitrogen and oxygen atoms in total. The normalized spacial score (nSPS) is 11.1. The minimum atomic E-state index is -2.43. The molecular formula is C25H29BiO. The molecule has 0 N–H and O–H groups in total. The van der Waals surface area contributed by atoms with E-state index in [-0.39, 0.29) is 0 Å². The molecule has 0 aromatic heterocycles. The van der Waals surface area contributed by atoms with Gasteiger partial charge in [0.2, 0.25) is 0 Å². The summed E-state index contributed by atoms with van der Waals surface area (Å²) in [4.78, 5) is 0. The zero-order valence-electron chi connectivity index (χ0n) is 16.6. The summed E-state index contributed by atoms with van der Waals surface area (Å²) < 4.78 is 10.6. The summed E-state index contributed by atoms with van der Waals surface area (Å²) in [5.41, 5.74) is 4.38. The predicted octanol–water partition coefficient (Wildman–Crippen LogP) is 3.86. The Hall–Kier alpha value is -1.50. The van der Waals surface area contributed by atoms with Crippen molar-refractivity contribution >= 4 is 31.6 Å². The van der Waals surface area contributed by atoms with Gasteiger partial charge in [0.25, 0.3) is 0 Å². The van der Waals surface area contributed by atoms with E-state index in [9.17, 15) is 0 Å². The monoisotopic (exact) mass is 554 g/mol. The fraction of sp³-hybridized carbons (Fsp3) is 0.280. The zero-order valence-corrected chi connectivity index (χ0v) is 20.1. The van der Waals surface area contributed by atoms with Gasteiger partial charge in [0.05, 0.1) is 0 Å². The maximum absolute atomic E-state index is 5.83. The summed E-state index contributed by atoms with van der Waals surface area (Å²) in [6, 6.07) is 27.2. The van der Waals surface area contributed by atoms with Crippen LogP contribution in [-0.4, -0.2) is 28.4 Å². The van der Waals surface area contributed by atoms with Gasteiger partial charge in [-0.05, 0) is 0 Å². The van der Waals surface area contributed by atoms with Crippen molar-refractivity contribution in [2.75, 3.05) is 6.61 Å². The van der Waals surface area contributed by atoms with Crippen molar-refractivity contribution in [3.05, 3.63) is 89.5 Å². The van der Waals surface area contributed by atoms with Gasteiger partial charge in [-0.3, -0.25) is 0 Å². The molecule has 0 aliphatic carbocycles. The minimum absolute atomic E-state index is 0.709. The Kier molecular flexibility index (Phi) is 7.62. The van der Waals surface area contributed by atoms with Crippen molar-refractivity contribution in [2.45, 2.75) is 40.2 Å². The van der Waals surface area contributed by atoms with Crippen LogP contribution in [0.5, 0.6) is 0 Å². The van der Waals surface area contributed by atoms with E-state index in [0.29, 0.717) is 6.61 Å². The molecule has 0 aliphatic rings. The third kappa shape index (κ3) is 4.68. The van der Waals surface area contributed by atoms with E-state index < -0.39 is 21.8 Å². The molecular weight excluding hydrogens is 525 g/mol. The van der Waals surface area contributed by atoms with E-state index in [1.54, 1.807) is 9.81 Å². The van der Waals surface area contributed by atoms with Crippen molar-refractivity contribution in [3.63, 3.8) is 0 Å². The van der Waals surface area contributed by atoms with E-state index in [2.05, 4.69) is 93.6 Å². The first-order valence-electron chi connectivity index (χ1n) is 9.91. The molecule has 0 amide bonds. The number of rotatable bonds is 8. The molecule has 0 radical (unpaired) electrons. The Bertz CT molecular complexity index is 824. The van der Waals surface area contributed by atoms with Crippen LogP contribution in [0.2, 0.25) is 0 Å². The number of aryl methyl sites for hydroxylation is 2. The maximum atomic E-state index is 5.83. The van der Waals surface area contributed by atoms with Crippen LogP contribution in [0.25, 0.3) is 0 Å². The van der Waals surface area contributed by atoms with Crippen LogP contribution in [0.4, 0.5) is 0 Å². The topological polar surface area (TPSA) is 9.23 Å². The molecule has 27 heavy (non-hydrogen) atoms. The molecule has 0 bridgehead atoms. The number of hydrogen-bond acceptors (Lipinski definition) is 1. The van der Waals surface area contributed by atoms with Gasteiger partial charge in [-0.15, -0.1) is 0 Å². The average Bonchev–Trinajstić information content (AvgIpc) is 2.74. The van der Waals surface area contributed by atoms with Crippen LogP contribution in [-0.2, 0) is 24.2 Å². The molecule has 3 aromatic carbocycles. The van der Waals surface area contributed by atoms with Crippen molar-refractivity contribution in [1.82, 2.24) is 0 Å². The summed E-state index contributed by atoms with van der Waals surface area (Å²) in [6.45, 7) is 8.09. The molecule has 0 unspecified atom stereocenters. The fourth-order valence-electron chi connectivity index (χ4n) is 3.51. The van der Waals surface area contributed by atoms with Gasteiger partial charge in [0.1, 0.15) is 0 Å². The van der Waals surface area contributed by atoms with E-state index in [1.165, 1.54) is 16.7 Å². The van der Waals surface area contributed by atoms with E-state index in [4.69, 9.17) is 4.74 Å². The van der Waals surface area contributed by atoms with E-state index in [1.807, 2.05) is 0 Å². The predicted molar refractivity (Wildman–Crippen MR) is 118 cm³/mol. The van der Waals surface area contributed by atoms with Gasteiger partial charge in [0, 0.05) is 0 Å². The van der Waals surface area contributed by atoms with Gasteiger partial charge in [-0.1, -0.05) is 0 Å². The number of benzene rings is 3. The third-order valence-corrected chi connectivity index (χ3v) is 15.6. The second-order valence-electron chi connectivity index (χ2n) is 6.57. The Labute approximate surface area is 172 Å². The van der Waals surface area contributed by atoms with Crippen LogP contribution >= 0.6 is 0 Å². The first-order valence-corrected chi connectivity index (χ1v) is 15.1. The van der Waals surface area contributed by atoms with Gasteiger partial charge in [-0.2, -0.15) is 0 Å². The molecule has 3 rings (SSSR count). The van der Waals surface area contributed by atoms with Gasteiger partial charge < -0.3 is 0 Å². The zero-order chi connectivity index (χ0) is 19.1. The van der Waals surface area contributed by atoms with Crippen LogP contribution < -0.4 is 9.81 Å². The summed E-state index contributed by atoms with van der Waals surface area (Å²) >= 11 is -2.43. The molecule has 0 saturated heterocycles. The summed E-state index contributed by atoms with van der Waals surface area (Å²) in [7, 11) is 0. The van der Waals surface area contributed by atoms with Crippen molar-refractivity contribution in [1.29, 1.82) is 0 Å². The first kappa shape index (κ1) is 20.2. The molecule has 0 aliphatic heterocycles. The van der Waals surface area contributed by atoms with Crippen LogP contribution in [0, 0.1) is 0 Å². The van der Waals surface area contributed by atoms with E-state index >= 15 is 0 Å². The molecule has 0 spiro atoms. The Balaban J connectivity index is 2.23. The van der Waals surface area contributed by atoms with Crippen molar-refractivity contribution < 1.29 is 4.74 Å². The third-order valence-electron chi connectivity index (χ3n) is 4.92. The number of hydrogen-bond donors (Lipinski definition) is 0. The second kappa shape index (κ2) is 10.2. The Morgan fingerprint density at radius 2 is 1.00 bits per heavy atom. The first-order chi connectivity index (χ1) is 13.3. The van der Waals surface area contributed by atoms with Crippen LogP contribution in [0.1, 0.15) is 37.5 Å². The summed E-state index contributed by atoms with van der Waals surface area (Å²) in [5.74, 6) is 0. The molecule has 0 fully saturated rings. The molecule has 3 aromatic rings. The Morgan fingerprint density at radius 3 is 1.44 bits per heavy atom.